The number of hydrogen-bond acceptors (Lipinski definition) is 6. The second-order valence-corrected chi connectivity index (χ2v) is 9.89. The molecule has 1 aromatic heterocycles. The summed E-state index contributed by atoms with van der Waals surface area (Å²) in [5.41, 5.74) is 8.82. The molecule has 0 radical (unpaired) electrons. The van der Waals surface area contributed by atoms with Gasteiger partial charge < -0.3 is 15.0 Å². The van der Waals surface area contributed by atoms with Crippen molar-refractivity contribution in [3.05, 3.63) is 125 Å². The number of carbonyl (C=O) groups excluding carboxylic acids is 3. The molecule has 0 aliphatic carbocycles. The fourth-order valence-corrected chi connectivity index (χ4v) is 3.98. The third-order valence-corrected chi connectivity index (χ3v) is 6.58. The lowest BCUT2D eigenvalue weighted by Gasteiger charge is -2.21. The number of nitrogens with zero attached hydrogens (tertiary/aromatic N) is 3. The standard InChI is InChI=1S/C26H30N4O5.C7H8/c1-3-4-10-23-28-15-22(25(32)30(34)18(2)24(27)31)29(23)16-19-11-13-21(14-12-19)26(33)35-17-20-8-6-5-7-9-20;1-7-5-3-2-4-6-7/h5-9,11-15,18,34H,3-4,10,16-17H2,1-2H3,(H2,27,31);2-6H,1H3. The van der Waals surface area contributed by atoms with Crippen molar-refractivity contribution in [1.29, 1.82) is 0 Å². The van der Waals surface area contributed by atoms with Crippen LogP contribution in [0.4, 0.5) is 0 Å². The van der Waals surface area contributed by atoms with E-state index in [-0.39, 0.29) is 18.8 Å². The predicted molar refractivity (Wildman–Crippen MR) is 160 cm³/mol. The summed E-state index contributed by atoms with van der Waals surface area (Å²) in [5, 5.41) is 10.5. The Balaban J connectivity index is 0.000000603. The van der Waals surface area contributed by atoms with Crippen LogP contribution in [0.15, 0.2) is 91.1 Å². The van der Waals surface area contributed by atoms with E-state index in [9.17, 15) is 19.6 Å². The van der Waals surface area contributed by atoms with Gasteiger partial charge in [0.15, 0.2) is 0 Å². The number of unbranched alkanes of at least 4 members (excludes halogenated alkanes) is 1. The number of benzene rings is 3. The minimum Gasteiger partial charge on any atom is -0.457 e. The van der Waals surface area contributed by atoms with Gasteiger partial charge in [-0.1, -0.05) is 91.7 Å². The monoisotopic (exact) mass is 570 g/mol. The van der Waals surface area contributed by atoms with E-state index in [1.165, 1.54) is 18.7 Å². The Bertz CT molecular complexity index is 1440. The fourth-order valence-electron chi connectivity index (χ4n) is 3.98. The van der Waals surface area contributed by atoms with Gasteiger partial charge in [-0.2, -0.15) is 0 Å². The van der Waals surface area contributed by atoms with Crippen molar-refractivity contribution in [2.24, 2.45) is 5.73 Å². The highest BCUT2D eigenvalue weighted by molar-refractivity contribution is 5.95. The fraction of sp³-hybridized carbons (Fsp3) is 0.273. The van der Waals surface area contributed by atoms with Crippen molar-refractivity contribution in [1.82, 2.24) is 14.6 Å². The summed E-state index contributed by atoms with van der Waals surface area (Å²) in [6, 6.07) is 25.4. The van der Waals surface area contributed by atoms with Gasteiger partial charge in [0.05, 0.1) is 11.8 Å². The highest BCUT2D eigenvalue weighted by Crippen LogP contribution is 2.16. The highest BCUT2D eigenvalue weighted by atomic mass is 16.5. The van der Waals surface area contributed by atoms with E-state index in [1.54, 1.807) is 28.8 Å². The highest BCUT2D eigenvalue weighted by Gasteiger charge is 2.27. The van der Waals surface area contributed by atoms with Gasteiger partial charge in [-0.15, -0.1) is 0 Å². The van der Waals surface area contributed by atoms with E-state index >= 15 is 0 Å². The molecular weight excluding hydrogens is 532 g/mol. The Hall–Kier alpha value is -4.76. The number of hydroxylamine groups is 2. The lowest BCUT2D eigenvalue weighted by Crippen LogP contribution is -2.44. The maximum Gasteiger partial charge on any atom is 0.338 e. The van der Waals surface area contributed by atoms with Crippen LogP contribution < -0.4 is 5.73 Å². The van der Waals surface area contributed by atoms with Gasteiger partial charge in [0, 0.05) is 13.0 Å². The zero-order valence-corrected chi connectivity index (χ0v) is 24.3. The Labute approximate surface area is 246 Å². The molecule has 0 bridgehead atoms. The van der Waals surface area contributed by atoms with Crippen molar-refractivity contribution in [3.8, 4) is 0 Å². The number of rotatable bonds is 11. The van der Waals surface area contributed by atoms with Crippen molar-refractivity contribution in [2.45, 2.75) is 59.2 Å². The van der Waals surface area contributed by atoms with Crippen LogP contribution in [0.3, 0.4) is 0 Å². The number of nitrogens with two attached hydrogens (primary N) is 1. The summed E-state index contributed by atoms with van der Waals surface area (Å²) in [4.78, 5) is 41.1. The molecule has 3 aromatic carbocycles. The summed E-state index contributed by atoms with van der Waals surface area (Å²) < 4.78 is 7.08. The van der Waals surface area contributed by atoms with Crippen LogP contribution in [-0.2, 0) is 29.1 Å². The van der Waals surface area contributed by atoms with Gasteiger partial charge in [-0.25, -0.2) is 14.8 Å². The molecule has 2 amide bonds. The number of esters is 1. The first-order chi connectivity index (χ1) is 20.2. The van der Waals surface area contributed by atoms with Gasteiger partial charge >= 0.3 is 5.97 Å². The van der Waals surface area contributed by atoms with Crippen LogP contribution >= 0.6 is 0 Å². The van der Waals surface area contributed by atoms with Gasteiger partial charge in [0.1, 0.15) is 24.2 Å². The van der Waals surface area contributed by atoms with Gasteiger partial charge in [-0.05, 0) is 43.5 Å². The average Bonchev–Trinajstić information content (AvgIpc) is 3.41. The molecule has 0 saturated carbocycles. The van der Waals surface area contributed by atoms with Crippen molar-refractivity contribution in [3.63, 3.8) is 0 Å². The number of ether oxygens (including phenoxy) is 1. The lowest BCUT2D eigenvalue weighted by molar-refractivity contribution is -0.136. The first-order valence-corrected chi connectivity index (χ1v) is 13.9. The molecule has 1 atom stereocenters. The van der Waals surface area contributed by atoms with E-state index in [2.05, 4.69) is 31.0 Å². The quantitative estimate of drug-likeness (QED) is 0.143. The minimum atomic E-state index is -1.19. The second kappa shape index (κ2) is 15.9. The number of aromatic nitrogens is 2. The predicted octanol–water partition coefficient (Wildman–Crippen LogP) is 5.33. The van der Waals surface area contributed by atoms with Crippen LogP contribution in [0.5, 0.6) is 0 Å². The minimum absolute atomic E-state index is 0.137. The smallest absolute Gasteiger partial charge is 0.338 e. The lowest BCUT2D eigenvalue weighted by atomic mass is 10.1. The van der Waals surface area contributed by atoms with Gasteiger partial charge in [0.2, 0.25) is 5.91 Å². The van der Waals surface area contributed by atoms with E-state index in [4.69, 9.17) is 10.5 Å². The zero-order valence-electron chi connectivity index (χ0n) is 24.3. The second-order valence-electron chi connectivity index (χ2n) is 9.89. The van der Waals surface area contributed by atoms with Crippen molar-refractivity contribution < 1.29 is 24.3 Å². The molecule has 3 N–H and O–H groups in total. The summed E-state index contributed by atoms with van der Waals surface area (Å²) in [7, 11) is 0. The molecule has 220 valence electrons. The summed E-state index contributed by atoms with van der Waals surface area (Å²) in [6.07, 6.45) is 3.85. The Morgan fingerprint density at radius 2 is 1.57 bits per heavy atom. The molecule has 1 heterocycles. The topological polar surface area (TPSA) is 128 Å². The molecule has 0 aliphatic heterocycles. The summed E-state index contributed by atoms with van der Waals surface area (Å²) in [5.74, 6) is -1.35. The van der Waals surface area contributed by atoms with Crippen LogP contribution in [0.25, 0.3) is 0 Å². The number of hydrogen-bond donors (Lipinski definition) is 2. The van der Waals surface area contributed by atoms with Crippen LogP contribution in [0, 0.1) is 6.92 Å². The van der Waals surface area contributed by atoms with Gasteiger partial charge in [-0.3, -0.25) is 14.8 Å². The normalized spacial score (nSPS) is 11.1. The summed E-state index contributed by atoms with van der Waals surface area (Å²) in [6.45, 7) is 5.95. The van der Waals surface area contributed by atoms with Crippen LogP contribution in [0.1, 0.15) is 70.1 Å². The maximum absolute atomic E-state index is 12.9. The van der Waals surface area contributed by atoms with E-state index in [0.717, 1.165) is 24.0 Å². The SMILES string of the molecule is CCCCc1ncc(C(=O)N(O)C(C)C(N)=O)n1Cc1ccc(C(=O)OCc2ccccc2)cc1.Cc1ccccc1. The van der Waals surface area contributed by atoms with E-state index in [0.29, 0.717) is 22.9 Å². The average molecular weight is 571 g/mol. The van der Waals surface area contributed by atoms with Crippen LogP contribution in [0.2, 0.25) is 0 Å². The molecule has 1 unspecified atom stereocenters. The Morgan fingerprint density at radius 1 is 0.952 bits per heavy atom. The molecule has 4 rings (SSSR count). The van der Waals surface area contributed by atoms with Crippen molar-refractivity contribution in [2.75, 3.05) is 0 Å². The molecule has 42 heavy (non-hydrogen) atoms. The number of carbonyl (C=O) groups is 3. The number of amides is 2. The Kier molecular flexibility index (Phi) is 12.0. The largest absolute Gasteiger partial charge is 0.457 e. The number of primary amides is 1. The third-order valence-electron chi connectivity index (χ3n) is 6.58. The molecule has 9 nitrogen and oxygen atoms in total. The Morgan fingerprint density at radius 3 is 2.12 bits per heavy atom. The molecular formula is C33H38N4O5. The maximum atomic E-state index is 12.9. The van der Waals surface area contributed by atoms with Crippen molar-refractivity contribution >= 4 is 17.8 Å². The first kappa shape index (κ1) is 31.8. The van der Waals surface area contributed by atoms with E-state index < -0.39 is 23.8 Å². The first-order valence-electron chi connectivity index (χ1n) is 13.9. The van der Waals surface area contributed by atoms with E-state index in [1.807, 2.05) is 48.5 Å². The molecule has 0 aliphatic rings. The number of imidazole rings is 1. The number of aryl methyl sites for hydroxylation is 2. The molecule has 4 aromatic rings. The molecule has 0 spiro atoms. The molecule has 0 saturated heterocycles. The van der Waals surface area contributed by atoms with Crippen LogP contribution in [-0.4, -0.2) is 43.6 Å². The van der Waals surface area contributed by atoms with Gasteiger partial charge in [0.25, 0.3) is 5.91 Å². The third kappa shape index (κ3) is 9.14. The molecule has 9 heteroatoms. The molecule has 0 fully saturated rings. The summed E-state index contributed by atoms with van der Waals surface area (Å²) >= 11 is 0. The zero-order chi connectivity index (χ0) is 30.5.